The first-order valence-electron chi connectivity index (χ1n) is 7.31. The zero-order chi connectivity index (χ0) is 14.6. The van der Waals surface area contributed by atoms with Crippen molar-refractivity contribution in [1.29, 1.82) is 0 Å². The van der Waals surface area contributed by atoms with Gasteiger partial charge in [-0.25, -0.2) is 4.79 Å². The zero-order valence-electron chi connectivity index (χ0n) is 13.0. The molecule has 2 unspecified atom stereocenters. The maximum Gasteiger partial charge on any atom is 0.333 e. The van der Waals surface area contributed by atoms with Crippen LogP contribution >= 0.6 is 0 Å². The number of esters is 1. The molecular formula is C15H28O3Si. The van der Waals surface area contributed by atoms with Gasteiger partial charge in [-0.1, -0.05) is 33.5 Å². The summed E-state index contributed by atoms with van der Waals surface area (Å²) in [6, 6.07) is 0. The topological polar surface area (TPSA) is 35.5 Å². The minimum Gasteiger partial charge on any atom is -0.456 e. The Labute approximate surface area is 119 Å². The standard InChI is InChI=1S/C15H28O3Si/c1-11(2)13(18-14(16)12(3)4)15(19(5)6)9-7-8-10-17-15/h11,13,19H,3,7-10H2,1-2,4-6H3. The smallest absolute Gasteiger partial charge is 0.333 e. The first-order chi connectivity index (χ1) is 8.81. The molecule has 0 aromatic rings. The van der Waals surface area contributed by atoms with E-state index in [9.17, 15) is 4.79 Å². The molecule has 1 aliphatic rings. The lowest BCUT2D eigenvalue weighted by Gasteiger charge is -2.46. The second-order valence-electron chi connectivity index (χ2n) is 6.27. The Morgan fingerprint density at radius 3 is 2.37 bits per heavy atom. The fraction of sp³-hybridized carbons (Fsp3) is 0.800. The molecule has 1 aliphatic heterocycles. The van der Waals surface area contributed by atoms with Crippen LogP contribution in [-0.2, 0) is 14.3 Å². The van der Waals surface area contributed by atoms with E-state index in [1.54, 1.807) is 6.92 Å². The van der Waals surface area contributed by atoms with E-state index in [0.717, 1.165) is 19.4 Å². The van der Waals surface area contributed by atoms with Crippen molar-refractivity contribution in [3.8, 4) is 0 Å². The normalized spacial score (nSPS) is 25.4. The van der Waals surface area contributed by atoms with Gasteiger partial charge in [0.1, 0.15) is 6.10 Å². The Hall–Kier alpha value is -0.613. The summed E-state index contributed by atoms with van der Waals surface area (Å²) in [4.78, 5) is 11.9. The molecule has 0 saturated carbocycles. The van der Waals surface area contributed by atoms with Crippen LogP contribution in [0.4, 0.5) is 0 Å². The van der Waals surface area contributed by atoms with Crippen molar-refractivity contribution in [3.05, 3.63) is 12.2 Å². The SMILES string of the molecule is C=C(C)C(=O)OC(C(C)C)C1([SiH](C)C)CCCCO1. The third kappa shape index (κ3) is 3.69. The van der Waals surface area contributed by atoms with Crippen LogP contribution < -0.4 is 0 Å². The Morgan fingerprint density at radius 2 is 2.00 bits per heavy atom. The average molecular weight is 284 g/mol. The summed E-state index contributed by atoms with van der Waals surface area (Å²) < 4.78 is 11.9. The molecule has 0 spiro atoms. The molecule has 1 fully saturated rings. The van der Waals surface area contributed by atoms with E-state index in [1.165, 1.54) is 6.42 Å². The molecule has 4 heteroatoms. The summed E-state index contributed by atoms with van der Waals surface area (Å²) in [5.74, 6) is -0.0294. The van der Waals surface area contributed by atoms with E-state index >= 15 is 0 Å². The second kappa shape index (κ2) is 6.71. The Bertz CT molecular complexity index is 330. The summed E-state index contributed by atoms with van der Waals surface area (Å²) in [5, 5.41) is -0.211. The molecule has 0 aromatic heterocycles. The van der Waals surface area contributed by atoms with Crippen LogP contribution in [-0.4, -0.2) is 32.7 Å². The molecule has 1 heterocycles. The maximum absolute atomic E-state index is 11.9. The maximum atomic E-state index is 11.9. The second-order valence-corrected chi connectivity index (χ2v) is 9.55. The van der Waals surface area contributed by atoms with Crippen molar-refractivity contribution in [2.45, 2.75) is 64.5 Å². The van der Waals surface area contributed by atoms with Gasteiger partial charge < -0.3 is 9.47 Å². The van der Waals surface area contributed by atoms with Gasteiger partial charge in [-0.15, -0.1) is 0 Å². The van der Waals surface area contributed by atoms with Crippen LogP contribution in [0.2, 0.25) is 13.1 Å². The van der Waals surface area contributed by atoms with E-state index in [4.69, 9.17) is 9.47 Å². The fourth-order valence-corrected chi connectivity index (χ4v) is 5.20. The van der Waals surface area contributed by atoms with Gasteiger partial charge in [-0.05, 0) is 32.1 Å². The van der Waals surface area contributed by atoms with E-state index in [0.29, 0.717) is 5.57 Å². The van der Waals surface area contributed by atoms with Gasteiger partial charge in [0, 0.05) is 12.2 Å². The van der Waals surface area contributed by atoms with Crippen LogP contribution in [0.15, 0.2) is 12.2 Å². The molecule has 3 nitrogen and oxygen atoms in total. The van der Waals surface area contributed by atoms with Crippen LogP contribution in [0.5, 0.6) is 0 Å². The molecule has 0 aliphatic carbocycles. The number of rotatable bonds is 5. The lowest BCUT2D eigenvalue weighted by atomic mass is 9.94. The van der Waals surface area contributed by atoms with Crippen LogP contribution in [0.3, 0.4) is 0 Å². The predicted octanol–water partition coefficient (Wildman–Crippen LogP) is 3.10. The molecule has 0 amide bonds. The average Bonchev–Trinajstić information content (AvgIpc) is 2.35. The lowest BCUT2D eigenvalue weighted by Crippen LogP contribution is -2.59. The number of hydrogen-bond acceptors (Lipinski definition) is 3. The van der Waals surface area contributed by atoms with Gasteiger partial charge in [-0.3, -0.25) is 0 Å². The fourth-order valence-electron chi connectivity index (χ4n) is 2.86. The molecule has 0 bridgehead atoms. The molecular weight excluding hydrogens is 256 g/mol. The van der Waals surface area contributed by atoms with Crippen molar-refractivity contribution in [1.82, 2.24) is 0 Å². The number of ether oxygens (including phenoxy) is 2. The summed E-state index contributed by atoms with van der Waals surface area (Å²) in [6.45, 7) is 14.9. The van der Waals surface area contributed by atoms with Crippen molar-refractivity contribution >= 4 is 14.8 Å². The molecule has 1 rings (SSSR count). The molecule has 110 valence electrons. The summed E-state index contributed by atoms with van der Waals surface area (Å²) in [5.41, 5.74) is 0.460. The Balaban J connectivity index is 2.99. The van der Waals surface area contributed by atoms with Crippen LogP contribution in [0.1, 0.15) is 40.0 Å². The minimum absolute atomic E-state index is 0.149. The van der Waals surface area contributed by atoms with Crippen LogP contribution in [0.25, 0.3) is 0 Å². The third-order valence-electron chi connectivity index (χ3n) is 3.98. The van der Waals surface area contributed by atoms with Gasteiger partial charge >= 0.3 is 5.97 Å². The lowest BCUT2D eigenvalue weighted by molar-refractivity contribution is -0.168. The highest BCUT2D eigenvalue weighted by molar-refractivity contribution is 6.59. The van der Waals surface area contributed by atoms with Crippen LogP contribution in [0, 0.1) is 5.92 Å². The third-order valence-corrected chi connectivity index (χ3v) is 6.72. The van der Waals surface area contributed by atoms with Crippen molar-refractivity contribution in [3.63, 3.8) is 0 Å². The molecule has 19 heavy (non-hydrogen) atoms. The van der Waals surface area contributed by atoms with Crippen molar-refractivity contribution < 1.29 is 14.3 Å². The van der Waals surface area contributed by atoms with Gasteiger partial charge in [0.25, 0.3) is 0 Å². The summed E-state index contributed by atoms with van der Waals surface area (Å²) >= 11 is 0. The molecule has 0 radical (unpaired) electrons. The number of carbonyl (C=O) groups excluding carboxylic acids is 1. The number of carbonyl (C=O) groups is 1. The predicted molar refractivity (Wildman–Crippen MR) is 80.9 cm³/mol. The molecule has 0 N–H and O–H groups in total. The van der Waals surface area contributed by atoms with E-state index in [1.807, 2.05) is 0 Å². The monoisotopic (exact) mass is 284 g/mol. The highest BCUT2D eigenvalue weighted by Crippen LogP contribution is 2.36. The van der Waals surface area contributed by atoms with E-state index < -0.39 is 8.80 Å². The Morgan fingerprint density at radius 1 is 1.37 bits per heavy atom. The number of hydrogen-bond donors (Lipinski definition) is 0. The van der Waals surface area contributed by atoms with E-state index in [2.05, 4.69) is 33.5 Å². The van der Waals surface area contributed by atoms with E-state index in [-0.39, 0.29) is 23.2 Å². The summed E-state index contributed by atoms with van der Waals surface area (Å²) in [6.07, 6.45) is 3.15. The molecule has 2 atom stereocenters. The zero-order valence-corrected chi connectivity index (χ0v) is 14.1. The highest BCUT2D eigenvalue weighted by Gasteiger charge is 2.47. The minimum atomic E-state index is -1.12. The highest BCUT2D eigenvalue weighted by atomic mass is 28.3. The largest absolute Gasteiger partial charge is 0.456 e. The molecule has 1 saturated heterocycles. The first-order valence-corrected chi connectivity index (χ1v) is 10.2. The Kier molecular flexibility index (Phi) is 5.80. The first kappa shape index (κ1) is 16.4. The summed E-state index contributed by atoms with van der Waals surface area (Å²) in [7, 11) is -1.12. The molecule has 0 aromatic carbocycles. The van der Waals surface area contributed by atoms with Gasteiger partial charge in [0.05, 0.1) is 14.0 Å². The quantitative estimate of drug-likeness (QED) is 0.442. The van der Waals surface area contributed by atoms with Gasteiger partial charge in [0.2, 0.25) is 0 Å². The van der Waals surface area contributed by atoms with Gasteiger partial charge in [-0.2, -0.15) is 0 Å². The van der Waals surface area contributed by atoms with Gasteiger partial charge in [0.15, 0.2) is 0 Å². The van der Waals surface area contributed by atoms with Crippen molar-refractivity contribution in [2.24, 2.45) is 5.92 Å². The van der Waals surface area contributed by atoms with Crippen molar-refractivity contribution in [2.75, 3.05) is 6.61 Å².